The van der Waals surface area contributed by atoms with Gasteiger partial charge >= 0.3 is 5.97 Å². The smallest absolute Gasteiger partial charge is 0.328 e. The van der Waals surface area contributed by atoms with E-state index in [0.29, 0.717) is 0 Å². The average molecular weight is 173 g/mol. The van der Waals surface area contributed by atoms with Crippen molar-refractivity contribution >= 4 is 5.97 Å². The minimum atomic E-state index is -1.02. The maximum Gasteiger partial charge on any atom is 0.328 e. The Morgan fingerprint density at radius 2 is 2.58 bits per heavy atom. The Morgan fingerprint density at radius 3 is 3.00 bits per heavy atom. The molecule has 0 bridgehead atoms. The predicted octanol–water partition coefficient (Wildman–Crippen LogP) is 0.393. The summed E-state index contributed by atoms with van der Waals surface area (Å²) >= 11 is 0. The van der Waals surface area contributed by atoms with Gasteiger partial charge in [-0.1, -0.05) is 5.21 Å². The van der Waals surface area contributed by atoms with Crippen LogP contribution in [0.4, 0.5) is 4.39 Å². The number of carboxylic acids is 1. The van der Waals surface area contributed by atoms with E-state index in [1.54, 1.807) is 0 Å². The predicted molar refractivity (Wildman–Crippen MR) is 37.2 cm³/mol. The number of aliphatic carboxylic acids is 1. The number of carbonyl (C=O) groups is 1. The third-order valence-corrected chi connectivity index (χ3v) is 1.45. The normalized spacial score (nSPS) is 12.8. The third kappa shape index (κ3) is 1.58. The van der Waals surface area contributed by atoms with Gasteiger partial charge in [-0.2, -0.15) is 0 Å². The summed E-state index contributed by atoms with van der Waals surface area (Å²) in [6.45, 7) is 0.714. The number of alkyl halides is 1. The zero-order chi connectivity index (χ0) is 9.14. The largest absolute Gasteiger partial charge is 0.480 e. The second kappa shape index (κ2) is 3.29. The quantitative estimate of drug-likeness (QED) is 0.718. The molecule has 0 aliphatic carbocycles. The monoisotopic (exact) mass is 173 g/mol. The molecular weight excluding hydrogens is 165 g/mol. The van der Waals surface area contributed by atoms with Crippen molar-refractivity contribution in [3.8, 4) is 0 Å². The van der Waals surface area contributed by atoms with Crippen LogP contribution in [0.1, 0.15) is 18.7 Å². The number of nitrogens with zero attached hydrogens (tertiary/aromatic N) is 3. The maximum absolute atomic E-state index is 11.9. The van der Waals surface area contributed by atoms with E-state index in [1.807, 2.05) is 0 Å². The highest BCUT2D eigenvalue weighted by atomic mass is 19.1. The molecule has 0 fully saturated rings. The fourth-order valence-corrected chi connectivity index (χ4v) is 0.677. The Balaban J connectivity index is 2.81. The van der Waals surface area contributed by atoms with E-state index < -0.39 is 18.7 Å². The van der Waals surface area contributed by atoms with Crippen LogP contribution < -0.4 is 0 Å². The van der Waals surface area contributed by atoms with Crippen LogP contribution in [-0.4, -0.2) is 26.1 Å². The van der Waals surface area contributed by atoms with Crippen LogP contribution in [0.25, 0.3) is 0 Å². The van der Waals surface area contributed by atoms with Gasteiger partial charge in [-0.05, 0) is 6.92 Å². The van der Waals surface area contributed by atoms with E-state index in [1.165, 1.54) is 13.1 Å². The second-order valence-corrected chi connectivity index (χ2v) is 2.34. The molecule has 1 N–H and O–H groups in total. The van der Waals surface area contributed by atoms with Gasteiger partial charge in [-0.25, -0.2) is 13.9 Å². The van der Waals surface area contributed by atoms with Gasteiger partial charge in [0, 0.05) is 0 Å². The number of halogens is 1. The van der Waals surface area contributed by atoms with Crippen LogP contribution in [0.15, 0.2) is 6.20 Å². The number of rotatable bonds is 3. The van der Waals surface area contributed by atoms with Gasteiger partial charge in [0.1, 0.15) is 18.4 Å². The van der Waals surface area contributed by atoms with Gasteiger partial charge in [0.05, 0.1) is 6.20 Å². The third-order valence-electron chi connectivity index (χ3n) is 1.45. The first kappa shape index (κ1) is 8.63. The Bertz CT molecular complexity index is 286. The van der Waals surface area contributed by atoms with Crippen molar-refractivity contribution in [2.24, 2.45) is 0 Å². The highest BCUT2D eigenvalue weighted by Crippen LogP contribution is 2.04. The Morgan fingerprint density at radius 1 is 1.92 bits per heavy atom. The van der Waals surface area contributed by atoms with E-state index in [2.05, 4.69) is 10.3 Å². The molecule has 1 rings (SSSR count). The van der Waals surface area contributed by atoms with Crippen molar-refractivity contribution in [3.63, 3.8) is 0 Å². The Hall–Kier alpha value is -1.46. The molecule has 1 aromatic heterocycles. The fourth-order valence-electron chi connectivity index (χ4n) is 0.677. The van der Waals surface area contributed by atoms with Crippen LogP contribution in [0, 0.1) is 0 Å². The Kier molecular flexibility index (Phi) is 2.37. The molecular formula is C6H8FN3O2. The zero-order valence-electron chi connectivity index (χ0n) is 6.44. The minimum Gasteiger partial charge on any atom is -0.480 e. The molecule has 66 valence electrons. The molecule has 0 spiro atoms. The van der Waals surface area contributed by atoms with Crippen molar-refractivity contribution in [2.45, 2.75) is 19.6 Å². The van der Waals surface area contributed by atoms with Crippen LogP contribution in [0.3, 0.4) is 0 Å². The highest BCUT2D eigenvalue weighted by Gasteiger charge is 2.14. The number of aromatic nitrogens is 3. The number of carboxylic acid groups (broad SMARTS) is 1. The molecule has 1 heterocycles. The van der Waals surface area contributed by atoms with Crippen molar-refractivity contribution in [1.29, 1.82) is 0 Å². The van der Waals surface area contributed by atoms with Crippen LogP contribution in [-0.2, 0) is 11.5 Å². The summed E-state index contributed by atoms with van der Waals surface area (Å²) in [5, 5.41) is 15.4. The summed E-state index contributed by atoms with van der Waals surface area (Å²) in [5.74, 6) is -1.02. The second-order valence-electron chi connectivity index (χ2n) is 2.34. The summed E-state index contributed by atoms with van der Waals surface area (Å²) in [6.07, 6.45) is 1.28. The van der Waals surface area contributed by atoms with E-state index >= 15 is 0 Å². The van der Waals surface area contributed by atoms with Crippen LogP contribution >= 0.6 is 0 Å². The number of hydrogen-bond acceptors (Lipinski definition) is 3. The first-order chi connectivity index (χ1) is 5.65. The van der Waals surface area contributed by atoms with Crippen molar-refractivity contribution < 1.29 is 14.3 Å². The summed E-state index contributed by atoms with van der Waals surface area (Å²) < 4.78 is 13.0. The molecule has 0 aromatic carbocycles. The first-order valence-corrected chi connectivity index (χ1v) is 3.34. The molecule has 0 amide bonds. The van der Waals surface area contributed by atoms with E-state index in [9.17, 15) is 9.18 Å². The fraction of sp³-hybridized carbons (Fsp3) is 0.500. The molecule has 0 radical (unpaired) electrons. The molecule has 1 atom stereocenters. The molecule has 5 nitrogen and oxygen atoms in total. The lowest BCUT2D eigenvalue weighted by molar-refractivity contribution is -0.140. The van der Waals surface area contributed by atoms with Crippen molar-refractivity contribution in [2.75, 3.05) is 0 Å². The summed E-state index contributed by atoms with van der Waals surface area (Å²) in [6, 6.07) is -0.808. The Labute approximate surface area is 67.8 Å². The standard InChI is InChI=1S/C6H8FN3O2/c1-4(6(11)12)10-3-5(2-7)8-9-10/h3-4H,2H2,1H3,(H,11,12). The van der Waals surface area contributed by atoms with Gasteiger partial charge in [0.15, 0.2) is 0 Å². The lowest BCUT2D eigenvalue weighted by Gasteiger charge is -2.03. The molecule has 1 aromatic rings. The first-order valence-electron chi connectivity index (χ1n) is 3.34. The molecule has 1 unspecified atom stereocenters. The van der Waals surface area contributed by atoms with Gasteiger partial charge < -0.3 is 5.11 Å². The van der Waals surface area contributed by atoms with Gasteiger partial charge in [-0.3, -0.25) is 0 Å². The van der Waals surface area contributed by atoms with Crippen molar-refractivity contribution in [1.82, 2.24) is 15.0 Å². The SMILES string of the molecule is CC(C(=O)O)n1cc(CF)nn1. The van der Waals surface area contributed by atoms with E-state index in [-0.39, 0.29) is 5.69 Å². The number of hydrogen-bond donors (Lipinski definition) is 1. The van der Waals surface area contributed by atoms with Gasteiger partial charge in [-0.15, -0.1) is 5.10 Å². The zero-order valence-corrected chi connectivity index (χ0v) is 6.44. The molecule has 0 saturated heterocycles. The van der Waals surface area contributed by atoms with Gasteiger partial charge in [0.2, 0.25) is 0 Å². The highest BCUT2D eigenvalue weighted by molar-refractivity contribution is 5.71. The van der Waals surface area contributed by atoms with E-state index in [0.717, 1.165) is 4.68 Å². The molecule has 12 heavy (non-hydrogen) atoms. The topological polar surface area (TPSA) is 68.0 Å². The van der Waals surface area contributed by atoms with Crippen molar-refractivity contribution in [3.05, 3.63) is 11.9 Å². The lowest BCUT2D eigenvalue weighted by Crippen LogP contribution is -2.15. The molecule has 6 heteroatoms. The van der Waals surface area contributed by atoms with Crippen LogP contribution in [0.5, 0.6) is 0 Å². The average Bonchev–Trinajstić information content (AvgIpc) is 2.50. The summed E-state index contributed by atoms with van der Waals surface area (Å²) in [5.41, 5.74) is 0.142. The van der Waals surface area contributed by atoms with E-state index in [4.69, 9.17) is 5.11 Å². The van der Waals surface area contributed by atoms with Gasteiger partial charge in [0.25, 0.3) is 0 Å². The van der Waals surface area contributed by atoms with Crippen LogP contribution in [0.2, 0.25) is 0 Å². The summed E-state index contributed by atoms with van der Waals surface area (Å²) in [4.78, 5) is 10.4. The minimum absolute atomic E-state index is 0.142. The summed E-state index contributed by atoms with van der Waals surface area (Å²) in [7, 11) is 0. The lowest BCUT2D eigenvalue weighted by atomic mass is 10.3. The molecule has 0 aliphatic heterocycles. The maximum atomic E-state index is 11.9. The molecule has 0 aliphatic rings. The molecule has 0 saturated carbocycles.